The van der Waals surface area contributed by atoms with Gasteiger partial charge in [-0.15, -0.1) is 0 Å². The van der Waals surface area contributed by atoms with Gasteiger partial charge in [0.25, 0.3) is 0 Å². The zero-order chi connectivity index (χ0) is 20.2. The second kappa shape index (κ2) is 8.47. The van der Waals surface area contributed by atoms with Gasteiger partial charge in [-0.25, -0.2) is 9.59 Å². The van der Waals surface area contributed by atoms with E-state index in [0.29, 0.717) is 30.2 Å². The summed E-state index contributed by atoms with van der Waals surface area (Å²) in [6, 6.07) is 4.80. The van der Waals surface area contributed by atoms with Gasteiger partial charge in [-0.1, -0.05) is 0 Å². The van der Waals surface area contributed by atoms with Crippen LogP contribution in [-0.4, -0.2) is 55.0 Å². The molecule has 0 radical (unpaired) electrons. The van der Waals surface area contributed by atoms with E-state index in [2.05, 4.69) is 10.6 Å². The first-order chi connectivity index (χ1) is 12.6. The quantitative estimate of drug-likeness (QED) is 0.836. The number of anilines is 2. The first-order valence-electron chi connectivity index (χ1n) is 8.97. The van der Waals surface area contributed by atoms with Crippen molar-refractivity contribution in [2.75, 3.05) is 30.8 Å². The fourth-order valence-electron chi connectivity index (χ4n) is 2.83. The molecule has 0 spiro atoms. The van der Waals surface area contributed by atoms with Gasteiger partial charge in [0.15, 0.2) is 0 Å². The van der Waals surface area contributed by atoms with Crippen LogP contribution < -0.4 is 15.4 Å². The van der Waals surface area contributed by atoms with Gasteiger partial charge in [-0.05, 0) is 46.8 Å². The lowest BCUT2D eigenvalue weighted by atomic mass is 10.2. The molecule has 0 aromatic heterocycles. The van der Waals surface area contributed by atoms with Gasteiger partial charge in [-0.3, -0.25) is 5.32 Å². The van der Waals surface area contributed by atoms with Crippen LogP contribution in [0.25, 0.3) is 0 Å². The summed E-state index contributed by atoms with van der Waals surface area (Å²) in [4.78, 5) is 26.2. The number of amides is 3. The highest BCUT2D eigenvalue weighted by Gasteiger charge is 2.26. The Hall–Kier alpha value is -2.48. The molecule has 27 heavy (non-hydrogen) atoms. The molecular weight excluding hydrogens is 350 g/mol. The average Bonchev–Trinajstić information content (AvgIpc) is 2.53. The van der Waals surface area contributed by atoms with Gasteiger partial charge in [0.05, 0.1) is 25.0 Å². The van der Waals surface area contributed by atoms with Gasteiger partial charge in [0, 0.05) is 24.8 Å². The summed E-state index contributed by atoms with van der Waals surface area (Å²) in [6.45, 7) is 10.3. The lowest BCUT2D eigenvalue weighted by Gasteiger charge is -2.35. The smallest absolute Gasteiger partial charge is 0.412 e. The third-order valence-electron chi connectivity index (χ3n) is 3.80. The number of rotatable bonds is 3. The van der Waals surface area contributed by atoms with E-state index < -0.39 is 11.7 Å². The summed E-state index contributed by atoms with van der Waals surface area (Å²) in [7, 11) is 1.49. The Morgan fingerprint density at radius 1 is 1.15 bits per heavy atom. The highest BCUT2D eigenvalue weighted by Crippen LogP contribution is 2.29. The molecule has 1 aliphatic heterocycles. The van der Waals surface area contributed by atoms with Crippen molar-refractivity contribution in [2.24, 2.45) is 0 Å². The number of carbonyl (C=O) groups is 2. The topological polar surface area (TPSA) is 89.1 Å². The van der Waals surface area contributed by atoms with Crippen LogP contribution in [0.2, 0.25) is 0 Å². The molecule has 1 aliphatic rings. The fourth-order valence-corrected chi connectivity index (χ4v) is 2.83. The molecule has 1 heterocycles. The zero-order valence-corrected chi connectivity index (χ0v) is 16.8. The van der Waals surface area contributed by atoms with Crippen molar-refractivity contribution in [3.05, 3.63) is 18.2 Å². The Balaban J connectivity index is 2.04. The normalized spacial score (nSPS) is 20.0. The lowest BCUT2D eigenvalue weighted by molar-refractivity contribution is -0.0530. The second-order valence-corrected chi connectivity index (χ2v) is 7.63. The number of benzene rings is 1. The molecule has 2 rings (SSSR count). The van der Waals surface area contributed by atoms with Gasteiger partial charge < -0.3 is 24.4 Å². The van der Waals surface area contributed by atoms with Crippen LogP contribution in [-0.2, 0) is 9.47 Å². The SMILES string of the molecule is COc1cc(NC(=O)N2C[C@H](C)O[C@@H](C)C2)ccc1NC(=O)OC(C)(C)C. The van der Waals surface area contributed by atoms with Crippen LogP contribution in [0.4, 0.5) is 21.0 Å². The first-order valence-corrected chi connectivity index (χ1v) is 8.97. The number of morpholine rings is 1. The Bertz CT molecular complexity index is 676. The van der Waals surface area contributed by atoms with Crippen molar-refractivity contribution in [1.82, 2.24) is 4.90 Å². The van der Waals surface area contributed by atoms with Gasteiger partial charge in [0.2, 0.25) is 0 Å². The van der Waals surface area contributed by atoms with Crippen molar-refractivity contribution >= 4 is 23.5 Å². The zero-order valence-electron chi connectivity index (χ0n) is 16.8. The summed E-state index contributed by atoms with van der Waals surface area (Å²) in [6.07, 6.45) is -0.585. The molecule has 0 aliphatic carbocycles. The number of nitrogens with zero attached hydrogens (tertiary/aromatic N) is 1. The van der Waals surface area contributed by atoms with Gasteiger partial charge >= 0.3 is 12.1 Å². The summed E-state index contributed by atoms with van der Waals surface area (Å²) >= 11 is 0. The van der Waals surface area contributed by atoms with E-state index in [-0.39, 0.29) is 18.2 Å². The number of ether oxygens (including phenoxy) is 3. The molecule has 3 amide bonds. The molecule has 1 fully saturated rings. The molecule has 1 saturated heterocycles. The third-order valence-corrected chi connectivity index (χ3v) is 3.80. The number of urea groups is 1. The standard InChI is InChI=1S/C19H29N3O5/c1-12-10-22(11-13(2)26-12)17(23)20-14-7-8-15(16(9-14)25-6)21-18(24)27-19(3,4)5/h7-9,12-13H,10-11H2,1-6H3,(H,20,23)(H,21,24)/t12-,13-/m0/s1. The maximum Gasteiger partial charge on any atom is 0.412 e. The highest BCUT2D eigenvalue weighted by molar-refractivity contribution is 5.92. The minimum Gasteiger partial charge on any atom is -0.494 e. The van der Waals surface area contributed by atoms with Crippen LogP contribution in [0.3, 0.4) is 0 Å². The number of carbonyl (C=O) groups excluding carboxylic acids is 2. The lowest BCUT2D eigenvalue weighted by Crippen LogP contribution is -2.49. The molecule has 8 heteroatoms. The summed E-state index contributed by atoms with van der Waals surface area (Å²) in [5.74, 6) is 0.419. The molecule has 1 aromatic rings. The van der Waals surface area contributed by atoms with Crippen LogP contribution in [0, 0.1) is 0 Å². The van der Waals surface area contributed by atoms with Crippen molar-refractivity contribution in [2.45, 2.75) is 52.4 Å². The Morgan fingerprint density at radius 3 is 2.33 bits per heavy atom. The maximum atomic E-state index is 12.5. The van der Waals surface area contributed by atoms with Crippen LogP contribution in [0.5, 0.6) is 5.75 Å². The van der Waals surface area contributed by atoms with Crippen LogP contribution >= 0.6 is 0 Å². The second-order valence-electron chi connectivity index (χ2n) is 7.63. The fraction of sp³-hybridized carbons (Fsp3) is 0.579. The molecule has 150 valence electrons. The molecule has 1 aromatic carbocycles. The van der Waals surface area contributed by atoms with Crippen molar-refractivity contribution in [3.63, 3.8) is 0 Å². The van der Waals surface area contributed by atoms with Gasteiger partial charge in [-0.2, -0.15) is 0 Å². The molecule has 2 atom stereocenters. The largest absolute Gasteiger partial charge is 0.494 e. The molecule has 2 N–H and O–H groups in total. The van der Waals surface area contributed by atoms with Gasteiger partial charge in [0.1, 0.15) is 11.4 Å². The van der Waals surface area contributed by atoms with Crippen LogP contribution in [0.15, 0.2) is 18.2 Å². The number of nitrogens with one attached hydrogen (secondary N) is 2. The molecule has 8 nitrogen and oxygen atoms in total. The van der Waals surface area contributed by atoms with E-state index in [9.17, 15) is 9.59 Å². The Kier molecular flexibility index (Phi) is 6.54. The predicted molar refractivity (Wildman–Crippen MR) is 103 cm³/mol. The molecule has 0 unspecified atom stereocenters. The Morgan fingerprint density at radius 2 is 1.78 bits per heavy atom. The van der Waals surface area contributed by atoms with Crippen molar-refractivity contribution in [3.8, 4) is 5.75 Å². The van der Waals surface area contributed by atoms with E-state index >= 15 is 0 Å². The van der Waals surface area contributed by atoms with Crippen LogP contribution in [0.1, 0.15) is 34.6 Å². The van der Waals surface area contributed by atoms with E-state index in [1.54, 1.807) is 43.9 Å². The minimum atomic E-state index is -0.600. The molecular formula is C19H29N3O5. The highest BCUT2D eigenvalue weighted by atomic mass is 16.6. The summed E-state index contributed by atoms with van der Waals surface area (Å²) in [5.41, 5.74) is 0.425. The predicted octanol–water partition coefficient (Wildman–Crippen LogP) is 3.68. The van der Waals surface area contributed by atoms with E-state index in [4.69, 9.17) is 14.2 Å². The third kappa shape index (κ3) is 6.32. The molecule has 0 saturated carbocycles. The van der Waals surface area contributed by atoms with Crippen molar-refractivity contribution < 1.29 is 23.8 Å². The van der Waals surface area contributed by atoms with E-state index in [1.807, 2.05) is 13.8 Å². The number of hydrogen-bond acceptors (Lipinski definition) is 5. The van der Waals surface area contributed by atoms with Crippen molar-refractivity contribution in [1.29, 1.82) is 0 Å². The van der Waals surface area contributed by atoms with E-state index in [0.717, 1.165) is 0 Å². The average molecular weight is 379 g/mol. The Labute approximate surface area is 160 Å². The monoisotopic (exact) mass is 379 g/mol. The molecule has 0 bridgehead atoms. The van der Waals surface area contributed by atoms with E-state index in [1.165, 1.54) is 7.11 Å². The summed E-state index contributed by atoms with van der Waals surface area (Å²) < 4.78 is 16.2. The first kappa shape index (κ1) is 20.8. The number of hydrogen-bond donors (Lipinski definition) is 2. The minimum absolute atomic E-state index is 0.00515. The summed E-state index contributed by atoms with van der Waals surface area (Å²) in [5, 5.41) is 5.50. The maximum absolute atomic E-state index is 12.5. The number of methoxy groups -OCH3 is 1.